The normalized spacial score (nSPS) is 19.5. The monoisotopic (exact) mass is 256 g/mol. The maximum atomic E-state index is 5.28. The van der Waals surface area contributed by atoms with Gasteiger partial charge in [0.1, 0.15) is 0 Å². The summed E-state index contributed by atoms with van der Waals surface area (Å²) in [5, 5.41) is 3.59. The van der Waals surface area contributed by atoms with Crippen LogP contribution in [0.2, 0.25) is 0 Å². The van der Waals surface area contributed by atoms with E-state index in [0.717, 1.165) is 25.6 Å². The minimum atomic E-state index is 0.569. The van der Waals surface area contributed by atoms with Gasteiger partial charge in [-0.2, -0.15) is 0 Å². The van der Waals surface area contributed by atoms with Crippen LogP contribution in [0.3, 0.4) is 0 Å². The van der Waals surface area contributed by atoms with Crippen molar-refractivity contribution in [3.8, 4) is 0 Å². The quantitative estimate of drug-likeness (QED) is 0.650. The highest BCUT2D eigenvalue weighted by atomic mass is 16.5. The van der Waals surface area contributed by atoms with Crippen molar-refractivity contribution in [3.05, 3.63) is 0 Å². The van der Waals surface area contributed by atoms with Gasteiger partial charge in [-0.15, -0.1) is 0 Å². The summed E-state index contributed by atoms with van der Waals surface area (Å²) in [6.07, 6.45) is 4.04. The van der Waals surface area contributed by atoms with Crippen LogP contribution in [0.15, 0.2) is 0 Å². The number of ether oxygens (including phenoxy) is 1. The van der Waals surface area contributed by atoms with Crippen LogP contribution in [0.5, 0.6) is 0 Å². The summed E-state index contributed by atoms with van der Waals surface area (Å²) >= 11 is 0. The third-order valence-corrected chi connectivity index (χ3v) is 4.08. The lowest BCUT2D eigenvalue weighted by Gasteiger charge is -2.37. The second kappa shape index (κ2) is 8.13. The van der Waals surface area contributed by atoms with Crippen LogP contribution in [0, 0.1) is 5.92 Å². The van der Waals surface area contributed by atoms with Gasteiger partial charge in [0.25, 0.3) is 0 Å². The number of nitrogens with one attached hydrogen (secondary N) is 1. The predicted octanol–water partition coefficient (Wildman–Crippen LogP) is 2.51. The summed E-state index contributed by atoms with van der Waals surface area (Å²) in [5.74, 6) is 0.926. The minimum Gasteiger partial charge on any atom is -0.383 e. The van der Waals surface area contributed by atoms with Gasteiger partial charge in [-0.25, -0.2) is 0 Å². The minimum absolute atomic E-state index is 0.569. The molecule has 0 spiro atoms. The zero-order valence-electron chi connectivity index (χ0n) is 12.9. The predicted molar refractivity (Wildman–Crippen MR) is 78.0 cm³/mol. The molecule has 1 fully saturated rings. The van der Waals surface area contributed by atoms with Gasteiger partial charge < -0.3 is 10.1 Å². The molecule has 3 nitrogen and oxygen atoms in total. The Morgan fingerprint density at radius 2 is 1.94 bits per heavy atom. The third kappa shape index (κ3) is 5.25. The zero-order chi connectivity index (χ0) is 13.5. The van der Waals surface area contributed by atoms with Crippen LogP contribution in [0.1, 0.15) is 47.0 Å². The number of hydrogen-bond donors (Lipinski definition) is 1. The van der Waals surface area contributed by atoms with Crippen LogP contribution >= 0.6 is 0 Å². The first-order valence-corrected chi connectivity index (χ1v) is 7.58. The molecule has 0 aromatic carbocycles. The van der Waals surface area contributed by atoms with E-state index in [-0.39, 0.29) is 0 Å². The van der Waals surface area contributed by atoms with Crippen molar-refractivity contribution < 1.29 is 4.74 Å². The number of methoxy groups -OCH3 is 1. The lowest BCUT2D eigenvalue weighted by atomic mass is 10.1. The smallest absolute Gasteiger partial charge is 0.0589 e. The molecule has 0 saturated heterocycles. The molecule has 1 aliphatic carbocycles. The van der Waals surface area contributed by atoms with E-state index in [0.29, 0.717) is 18.1 Å². The van der Waals surface area contributed by atoms with Crippen LogP contribution in [0.4, 0.5) is 0 Å². The topological polar surface area (TPSA) is 24.5 Å². The highest BCUT2D eigenvalue weighted by molar-refractivity contribution is 4.88. The molecule has 0 heterocycles. The Labute approximate surface area is 113 Å². The Morgan fingerprint density at radius 3 is 2.39 bits per heavy atom. The van der Waals surface area contributed by atoms with Gasteiger partial charge in [0.05, 0.1) is 6.61 Å². The fourth-order valence-corrected chi connectivity index (χ4v) is 2.63. The average molecular weight is 256 g/mol. The summed E-state index contributed by atoms with van der Waals surface area (Å²) in [7, 11) is 1.80. The maximum Gasteiger partial charge on any atom is 0.0589 e. The van der Waals surface area contributed by atoms with Gasteiger partial charge in [0.2, 0.25) is 0 Å². The van der Waals surface area contributed by atoms with Crippen LogP contribution in [-0.2, 0) is 4.74 Å². The molecule has 1 saturated carbocycles. The Balaban J connectivity index is 2.52. The van der Waals surface area contributed by atoms with Crippen molar-refractivity contribution in [1.82, 2.24) is 10.2 Å². The molecule has 108 valence electrons. The summed E-state index contributed by atoms with van der Waals surface area (Å²) in [4.78, 5) is 2.66. The molecule has 1 N–H and O–H groups in total. The number of hydrogen-bond acceptors (Lipinski definition) is 3. The van der Waals surface area contributed by atoms with Gasteiger partial charge in [0, 0.05) is 38.3 Å². The zero-order valence-corrected chi connectivity index (χ0v) is 12.9. The largest absolute Gasteiger partial charge is 0.383 e. The van der Waals surface area contributed by atoms with E-state index in [2.05, 4.69) is 37.9 Å². The number of rotatable bonds is 10. The molecular formula is C15H32N2O. The first-order valence-electron chi connectivity index (χ1n) is 7.58. The SMILES string of the molecule is CCC(CNC(C)C)N(CCOC)C(C)C1CC1. The molecule has 3 heteroatoms. The van der Waals surface area contributed by atoms with Crippen molar-refractivity contribution in [2.24, 2.45) is 5.92 Å². The standard InChI is InChI=1S/C15H32N2O/c1-6-15(11-16-12(2)3)17(9-10-18-5)13(4)14-7-8-14/h12-16H,6-11H2,1-5H3. The second-order valence-electron chi connectivity index (χ2n) is 5.93. The van der Waals surface area contributed by atoms with Crippen molar-refractivity contribution in [2.75, 3.05) is 26.8 Å². The fraction of sp³-hybridized carbons (Fsp3) is 1.00. The molecule has 1 aliphatic rings. The number of nitrogens with zero attached hydrogens (tertiary/aromatic N) is 1. The highest BCUT2D eigenvalue weighted by Crippen LogP contribution is 2.36. The summed E-state index contributed by atoms with van der Waals surface area (Å²) in [6.45, 7) is 12.1. The van der Waals surface area contributed by atoms with Crippen LogP contribution in [0.25, 0.3) is 0 Å². The molecule has 0 amide bonds. The first-order chi connectivity index (χ1) is 8.60. The van der Waals surface area contributed by atoms with Crippen LogP contribution in [-0.4, -0.2) is 49.8 Å². The van der Waals surface area contributed by atoms with Crippen molar-refractivity contribution in [2.45, 2.75) is 65.1 Å². The van der Waals surface area contributed by atoms with E-state index in [9.17, 15) is 0 Å². The third-order valence-electron chi connectivity index (χ3n) is 4.08. The second-order valence-corrected chi connectivity index (χ2v) is 5.93. The Morgan fingerprint density at radius 1 is 1.28 bits per heavy atom. The summed E-state index contributed by atoms with van der Waals surface area (Å²) in [5.41, 5.74) is 0. The maximum absolute atomic E-state index is 5.28. The fourth-order valence-electron chi connectivity index (χ4n) is 2.63. The van der Waals surface area contributed by atoms with Crippen molar-refractivity contribution in [3.63, 3.8) is 0 Å². The summed E-state index contributed by atoms with van der Waals surface area (Å²) in [6, 6.07) is 1.91. The van der Waals surface area contributed by atoms with Crippen LogP contribution < -0.4 is 5.32 Å². The molecule has 0 aliphatic heterocycles. The van der Waals surface area contributed by atoms with E-state index in [1.807, 2.05) is 0 Å². The lowest BCUT2D eigenvalue weighted by Crippen LogP contribution is -2.49. The van der Waals surface area contributed by atoms with Crippen molar-refractivity contribution >= 4 is 0 Å². The Hall–Kier alpha value is -0.120. The molecule has 0 aromatic heterocycles. The van der Waals surface area contributed by atoms with Gasteiger partial charge >= 0.3 is 0 Å². The van der Waals surface area contributed by atoms with Gasteiger partial charge in [-0.1, -0.05) is 20.8 Å². The molecule has 0 aromatic rings. The van der Waals surface area contributed by atoms with E-state index in [1.54, 1.807) is 7.11 Å². The molecular weight excluding hydrogens is 224 g/mol. The van der Waals surface area contributed by atoms with E-state index < -0.39 is 0 Å². The lowest BCUT2D eigenvalue weighted by molar-refractivity contribution is 0.0778. The van der Waals surface area contributed by atoms with Gasteiger partial charge in [-0.05, 0) is 32.1 Å². The molecule has 0 radical (unpaired) electrons. The average Bonchev–Trinajstić information content (AvgIpc) is 3.16. The van der Waals surface area contributed by atoms with Gasteiger partial charge in [-0.3, -0.25) is 4.90 Å². The first kappa shape index (κ1) is 15.9. The van der Waals surface area contributed by atoms with E-state index in [4.69, 9.17) is 4.74 Å². The molecule has 2 atom stereocenters. The van der Waals surface area contributed by atoms with E-state index in [1.165, 1.54) is 19.3 Å². The van der Waals surface area contributed by atoms with E-state index >= 15 is 0 Å². The molecule has 0 bridgehead atoms. The Kier molecular flexibility index (Phi) is 7.20. The molecule has 18 heavy (non-hydrogen) atoms. The van der Waals surface area contributed by atoms with Gasteiger partial charge in [0.15, 0.2) is 0 Å². The van der Waals surface area contributed by atoms with Crippen molar-refractivity contribution in [1.29, 1.82) is 0 Å². The summed E-state index contributed by atoms with van der Waals surface area (Å²) < 4.78 is 5.28. The Bertz CT molecular complexity index is 217. The highest BCUT2D eigenvalue weighted by Gasteiger charge is 2.34. The molecule has 1 rings (SSSR count). The molecule has 2 unspecified atom stereocenters.